The highest BCUT2D eigenvalue weighted by Gasteiger charge is 2.34. The van der Waals surface area contributed by atoms with Crippen molar-refractivity contribution < 1.29 is 9.13 Å². The monoisotopic (exact) mass is 454 g/mol. The Morgan fingerprint density at radius 2 is 2.00 bits per heavy atom. The summed E-state index contributed by atoms with van der Waals surface area (Å²) in [7, 11) is 1.48. The standard InChI is InChI=1S/C26H23FN6O/c1-3-14-5-4-6-15-9-16(28)10-19(21(14)15)23-22(27)24-20(11-29-23)25(32-26(31-24)34-2)33-12-17-7-8-18(13-33)30-17/h1,4-6,9-11,17-18,30H,7-8,12-13,28H2,2H3. The molecule has 2 atom stereocenters. The number of nitrogens with zero attached hydrogens (tertiary/aromatic N) is 4. The van der Waals surface area contributed by atoms with Crippen LogP contribution in [-0.2, 0) is 0 Å². The van der Waals surface area contributed by atoms with Crippen LogP contribution < -0.4 is 20.7 Å². The number of nitrogens with one attached hydrogen (secondary N) is 1. The summed E-state index contributed by atoms with van der Waals surface area (Å²) >= 11 is 0. The van der Waals surface area contributed by atoms with Gasteiger partial charge in [-0.2, -0.15) is 9.97 Å². The summed E-state index contributed by atoms with van der Waals surface area (Å²) < 4.78 is 21.5. The van der Waals surface area contributed by atoms with Crippen molar-refractivity contribution in [3.8, 4) is 29.6 Å². The average molecular weight is 455 g/mol. The van der Waals surface area contributed by atoms with E-state index < -0.39 is 5.82 Å². The SMILES string of the molecule is C#Cc1cccc2cc(N)cc(-c3ncc4c(N5CC6CCC(C5)N6)nc(OC)nc4c3F)c12. The number of terminal acetylenes is 1. The number of nitrogens with two attached hydrogens (primary N) is 1. The van der Waals surface area contributed by atoms with Crippen LogP contribution in [0.4, 0.5) is 15.9 Å². The number of rotatable bonds is 3. The van der Waals surface area contributed by atoms with E-state index in [0.29, 0.717) is 40.1 Å². The number of pyridine rings is 1. The third kappa shape index (κ3) is 3.20. The van der Waals surface area contributed by atoms with Gasteiger partial charge >= 0.3 is 6.01 Å². The third-order valence-electron chi connectivity index (χ3n) is 6.75. The van der Waals surface area contributed by atoms with E-state index >= 15 is 4.39 Å². The lowest BCUT2D eigenvalue weighted by molar-refractivity contribution is 0.380. The number of hydrogen-bond acceptors (Lipinski definition) is 7. The van der Waals surface area contributed by atoms with E-state index in [1.54, 1.807) is 12.3 Å². The van der Waals surface area contributed by atoms with E-state index in [4.69, 9.17) is 16.9 Å². The fraction of sp³-hybridized carbons (Fsp3) is 0.269. The highest BCUT2D eigenvalue weighted by Crippen LogP contribution is 2.37. The Kier molecular flexibility index (Phi) is 4.74. The molecule has 7 nitrogen and oxygen atoms in total. The molecule has 4 heterocycles. The van der Waals surface area contributed by atoms with Crippen LogP contribution in [0.5, 0.6) is 6.01 Å². The van der Waals surface area contributed by atoms with Gasteiger partial charge in [0.2, 0.25) is 0 Å². The Hall–Kier alpha value is -3.96. The van der Waals surface area contributed by atoms with Crippen LogP contribution in [0.1, 0.15) is 18.4 Å². The molecule has 2 aromatic carbocycles. The summed E-state index contributed by atoms with van der Waals surface area (Å²) in [5.41, 5.74) is 8.12. The molecule has 0 saturated carbocycles. The Morgan fingerprint density at radius 3 is 2.74 bits per heavy atom. The summed E-state index contributed by atoms with van der Waals surface area (Å²) in [5.74, 6) is 2.77. The van der Waals surface area contributed by atoms with Crippen LogP contribution >= 0.6 is 0 Å². The van der Waals surface area contributed by atoms with Gasteiger partial charge in [-0.15, -0.1) is 6.42 Å². The molecule has 4 aromatic rings. The van der Waals surface area contributed by atoms with Gasteiger partial charge in [-0.1, -0.05) is 18.1 Å². The molecule has 0 amide bonds. The molecule has 2 saturated heterocycles. The molecular formula is C26H23FN6O. The maximum Gasteiger partial charge on any atom is 0.318 e. The van der Waals surface area contributed by atoms with E-state index in [-0.39, 0.29) is 17.2 Å². The van der Waals surface area contributed by atoms with Crippen LogP contribution in [0.2, 0.25) is 0 Å². The lowest BCUT2D eigenvalue weighted by Crippen LogP contribution is -2.51. The second-order valence-electron chi connectivity index (χ2n) is 8.88. The van der Waals surface area contributed by atoms with Crippen LogP contribution in [0.15, 0.2) is 36.5 Å². The zero-order chi connectivity index (χ0) is 23.4. The van der Waals surface area contributed by atoms with Crippen molar-refractivity contribution >= 4 is 33.2 Å². The largest absolute Gasteiger partial charge is 0.467 e. The minimum Gasteiger partial charge on any atom is -0.467 e. The zero-order valence-electron chi connectivity index (χ0n) is 18.7. The van der Waals surface area contributed by atoms with Gasteiger partial charge in [0.25, 0.3) is 0 Å². The van der Waals surface area contributed by atoms with Crippen molar-refractivity contribution in [1.29, 1.82) is 0 Å². The number of nitrogen functional groups attached to an aromatic ring is 1. The van der Waals surface area contributed by atoms with Gasteiger partial charge in [-0.3, -0.25) is 4.98 Å². The van der Waals surface area contributed by atoms with Gasteiger partial charge in [0.15, 0.2) is 5.82 Å². The van der Waals surface area contributed by atoms with E-state index in [9.17, 15) is 0 Å². The van der Waals surface area contributed by atoms with Gasteiger partial charge < -0.3 is 20.7 Å². The molecule has 3 N–H and O–H groups in total. The minimum absolute atomic E-state index is 0.117. The Morgan fingerprint density at radius 1 is 1.21 bits per heavy atom. The summed E-state index contributed by atoms with van der Waals surface area (Å²) in [6, 6.07) is 10.0. The van der Waals surface area contributed by atoms with E-state index in [1.165, 1.54) is 7.11 Å². The predicted octanol–water partition coefficient (Wildman–Crippen LogP) is 3.50. The average Bonchev–Trinajstić information content (AvgIpc) is 3.20. The smallest absolute Gasteiger partial charge is 0.318 e. The normalized spacial score (nSPS) is 19.5. The molecule has 170 valence electrons. The number of hydrogen-bond donors (Lipinski definition) is 2. The Labute approximate surface area is 196 Å². The van der Waals surface area contributed by atoms with Crippen molar-refractivity contribution in [3.63, 3.8) is 0 Å². The predicted molar refractivity (Wildman–Crippen MR) is 131 cm³/mol. The van der Waals surface area contributed by atoms with E-state index in [0.717, 1.165) is 36.7 Å². The fourth-order valence-electron chi connectivity index (χ4n) is 5.27. The molecular weight excluding hydrogens is 431 g/mol. The first-order valence-corrected chi connectivity index (χ1v) is 11.3. The maximum atomic E-state index is 16.1. The number of anilines is 2. The summed E-state index contributed by atoms with van der Waals surface area (Å²) in [5, 5.41) is 5.71. The molecule has 2 bridgehead atoms. The Balaban J connectivity index is 1.58. The molecule has 0 spiro atoms. The molecule has 2 fully saturated rings. The topological polar surface area (TPSA) is 89.2 Å². The molecule has 8 heteroatoms. The molecule has 34 heavy (non-hydrogen) atoms. The fourth-order valence-corrected chi connectivity index (χ4v) is 5.27. The van der Waals surface area contributed by atoms with Gasteiger partial charge in [0.1, 0.15) is 17.0 Å². The number of piperazine rings is 1. The van der Waals surface area contributed by atoms with Crippen molar-refractivity contribution in [1.82, 2.24) is 20.3 Å². The quantitative estimate of drug-likeness (QED) is 0.362. The van der Waals surface area contributed by atoms with Gasteiger partial charge in [0, 0.05) is 53.6 Å². The molecule has 2 unspecified atom stereocenters. The second kappa shape index (κ2) is 7.82. The van der Waals surface area contributed by atoms with Gasteiger partial charge in [0.05, 0.1) is 12.5 Å². The number of ether oxygens (including phenoxy) is 1. The molecule has 0 radical (unpaired) electrons. The lowest BCUT2D eigenvalue weighted by Gasteiger charge is -2.34. The van der Waals surface area contributed by atoms with Crippen molar-refractivity contribution in [2.24, 2.45) is 0 Å². The number of halogens is 1. The van der Waals surface area contributed by atoms with Crippen LogP contribution in [0, 0.1) is 18.2 Å². The minimum atomic E-state index is -0.559. The molecule has 6 rings (SSSR count). The Bertz CT molecular complexity index is 1480. The third-order valence-corrected chi connectivity index (χ3v) is 6.75. The number of aromatic nitrogens is 3. The summed E-state index contributed by atoms with van der Waals surface area (Å²) in [6.45, 7) is 1.58. The number of fused-ring (bicyclic) bond motifs is 4. The number of methoxy groups -OCH3 is 1. The highest BCUT2D eigenvalue weighted by molar-refractivity contribution is 6.03. The van der Waals surface area contributed by atoms with Crippen molar-refractivity contribution in [2.75, 3.05) is 30.8 Å². The molecule has 2 aliphatic heterocycles. The zero-order valence-corrected chi connectivity index (χ0v) is 18.7. The van der Waals surface area contributed by atoms with Gasteiger partial charge in [-0.05, 0) is 36.4 Å². The second-order valence-corrected chi connectivity index (χ2v) is 8.88. The van der Waals surface area contributed by atoms with E-state index in [2.05, 4.69) is 31.1 Å². The van der Waals surface area contributed by atoms with Crippen LogP contribution in [0.25, 0.3) is 32.9 Å². The van der Waals surface area contributed by atoms with Crippen molar-refractivity contribution in [3.05, 3.63) is 47.9 Å². The lowest BCUT2D eigenvalue weighted by atomic mass is 9.96. The molecule has 2 aliphatic rings. The first kappa shape index (κ1) is 20.6. The first-order valence-electron chi connectivity index (χ1n) is 11.3. The van der Waals surface area contributed by atoms with E-state index in [1.807, 2.05) is 24.3 Å². The maximum absolute atomic E-state index is 16.1. The van der Waals surface area contributed by atoms with Crippen LogP contribution in [-0.4, -0.2) is 47.2 Å². The molecule has 2 aromatic heterocycles. The highest BCUT2D eigenvalue weighted by atomic mass is 19.1. The van der Waals surface area contributed by atoms with Crippen molar-refractivity contribution in [2.45, 2.75) is 24.9 Å². The number of benzene rings is 2. The summed E-state index contributed by atoms with van der Waals surface area (Å²) in [6.07, 6.45) is 9.64. The van der Waals surface area contributed by atoms with Crippen LogP contribution in [0.3, 0.4) is 0 Å². The first-order chi connectivity index (χ1) is 16.6. The summed E-state index contributed by atoms with van der Waals surface area (Å²) in [4.78, 5) is 15.7. The molecule has 0 aliphatic carbocycles. The van der Waals surface area contributed by atoms with Gasteiger partial charge in [-0.25, -0.2) is 4.39 Å².